The topological polar surface area (TPSA) is 43.8 Å². The molecule has 2 N–H and O–H groups in total. The van der Waals surface area contributed by atoms with Crippen molar-refractivity contribution in [1.29, 1.82) is 0 Å². The Labute approximate surface area is 108 Å². The summed E-state index contributed by atoms with van der Waals surface area (Å²) in [6.45, 7) is 1.72. The van der Waals surface area contributed by atoms with Crippen molar-refractivity contribution in [1.82, 2.24) is 9.78 Å². The van der Waals surface area contributed by atoms with Crippen LogP contribution in [0.25, 0.3) is 11.3 Å². The molecule has 0 saturated heterocycles. The van der Waals surface area contributed by atoms with Gasteiger partial charge in [0.25, 0.3) is 0 Å². The normalized spacial score (nSPS) is 13.6. The van der Waals surface area contributed by atoms with Crippen LogP contribution in [0.5, 0.6) is 0 Å². The average molecular weight is 269 g/mol. The predicted molar refractivity (Wildman–Crippen MR) is 66.2 cm³/mol. The highest BCUT2D eigenvalue weighted by Crippen LogP contribution is 2.38. The number of nitrogens with two attached hydrogens (primary N) is 1. The Morgan fingerprint density at radius 2 is 1.89 bits per heavy atom. The van der Waals surface area contributed by atoms with Crippen molar-refractivity contribution in [3.63, 3.8) is 0 Å². The molecule has 6 heteroatoms. The van der Waals surface area contributed by atoms with Gasteiger partial charge in [-0.1, -0.05) is 18.2 Å². The van der Waals surface area contributed by atoms with Crippen molar-refractivity contribution in [3.05, 3.63) is 41.6 Å². The van der Waals surface area contributed by atoms with E-state index in [1.54, 1.807) is 20.0 Å². The molecule has 0 amide bonds. The highest BCUT2D eigenvalue weighted by molar-refractivity contribution is 5.68. The van der Waals surface area contributed by atoms with Crippen molar-refractivity contribution in [2.45, 2.75) is 19.1 Å². The summed E-state index contributed by atoms with van der Waals surface area (Å²) < 4.78 is 40.6. The summed E-state index contributed by atoms with van der Waals surface area (Å²) in [6.07, 6.45) is -2.90. The highest BCUT2D eigenvalue weighted by atomic mass is 19.4. The summed E-state index contributed by atoms with van der Waals surface area (Å²) in [7, 11) is 1.61. The molecule has 1 unspecified atom stereocenters. The maximum atomic E-state index is 13.0. The Balaban J connectivity index is 2.70. The lowest BCUT2D eigenvalue weighted by Crippen LogP contribution is -2.11. The molecule has 0 aliphatic heterocycles. The van der Waals surface area contributed by atoms with Crippen LogP contribution >= 0.6 is 0 Å². The highest BCUT2D eigenvalue weighted by Gasteiger charge is 2.34. The van der Waals surface area contributed by atoms with Crippen LogP contribution in [0.15, 0.2) is 30.5 Å². The molecule has 0 saturated carbocycles. The lowest BCUT2D eigenvalue weighted by Gasteiger charge is -2.15. The third-order valence-electron chi connectivity index (χ3n) is 2.95. The zero-order valence-electron chi connectivity index (χ0n) is 10.6. The molecular formula is C13H14F3N3. The minimum absolute atomic E-state index is 0.0994. The first kappa shape index (κ1) is 13.6. The standard InChI is InChI=1S/C13H14F3N3/c1-8(17)10-7-18-19(2)12(10)9-5-3-4-6-11(9)13(14,15)16/h3-8H,17H2,1-2H3. The van der Waals surface area contributed by atoms with Crippen LogP contribution in [0.1, 0.15) is 24.1 Å². The van der Waals surface area contributed by atoms with E-state index in [-0.39, 0.29) is 11.6 Å². The number of hydrogen-bond acceptors (Lipinski definition) is 2. The predicted octanol–water partition coefficient (Wildman–Crippen LogP) is 3.13. The maximum absolute atomic E-state index is 13.0. The molecule has 1 aromatic carbocycles. The minimum atomic E-state index is -4.41. The number of nitrogens with zero attached hydrogens (tertiary/aromatic N) is 2. The van der Waals surface area contributed by atoms with Gasteiger partial charge in [0.2, 0.25) is 0 Å². The van der Waals surface area contributed by atoms with Gasteiger partial charge in [0, 0.05) is 24.2 Å². The zero-order valence-corrected chi connectivity index (χ0v) is 10.6. The van der Waals surface area contributed by atoms with Gasteiger partial charge in [-0.25, -0.2) is 0 Å². The monoisotopic (exact) mass is 269 g/mol. The van der Waals surface area contributed by atoms with Crippen molar-refractivity contribution in [3.8, 4) is 11.3 Å². The number of rotatable bonds is 2. The third kappa shape index (κ3) is 2.49. The van der Waals surface area contributed by atoms with Crippen LogP contribution in [0.4, 0.5) is 13.2 Å². The Morgan fingerprint density at radius 3 is 2.47 bits per heavy atom. The minimum Gasteiger partial charge on any atom is -0.324 e. The Kier molecular flexibility index (Phi) is 3.36. The van der Waals surface area contributed by atoms with E-state index in [2.05, 4.69) is 5.10 Å². The molecule has 1 aromatic heterocycles. The van der Waals surface area contributed by atoms with Gasteiger partial charge in [0.15, 0.2) is 0 Å². The van der Waals surface area contributed by atoms with Gasteiger partial charge >= 0.3 is 6.18 Å². The first-order valence-electron chi connectivity index (χ1n) is 5.76. The van der Waals surface area contributed by atoms with Crippen molar-refractivity contribution >= 4 is 0 Å². The largest absolute Gasteiger partial charge is 0.417 e. The summed E-state index contributed by atoms with van der Waals surface area (Å²) in [6, 6.07) is 5.06. The average Bonchev–Trinajstić information content (AvgIpc) is 2.70. The summed E-state index contributed by atoms with van der Waals surface area (Å²) >= 11 is 0. The number of hydrogen-bond donors (Lipinski definition) is 1. The Morgan fingerprint density at radius 1 is 1.26 bits per heavy atom. The molecule has 1 atom stereocenters. The number of alkyl halides is 3. The lowest BCUT2D eigenvalue weighted by atomic mass is 9.99. The summed E-state index contributed by atoms with van der Waals surface area (Å²) in [5.74, 6) is 0. The van der Waals surface area contributed by atoms with Crippen LogP contribution < -0.4 is 5.73 Å². The smallest absolute Gasteiger partial charge is 0.324 e. The quantitative estimate of drug-likeness (QED) is 0.910. The number of halogens is 3. The van der Waals surface area contributed by atoms with E-state index in [0.717, 1.165) is 6.07 Å². The molecule has 3 nitrogen and oxygen atoms in total. The van der Waals surface area contributed by atoms with Crippen LogP contribution in [-0.4, -0.2) is 9.78 Å². The fourth-order valence-electron chi connectivity index (χ4n) is 2.05. The zero-order chi connectivity index (χ0) is 14.2. The first-order chi connectivity index (χ1) is 8.82. The molecule has 0 fully saturated rings. The van der Waals surface area contributed by atoms with Crippen molar-refractivity contribution in [2.75, 3.05) is 0 Å². The molecule has 2 rings (SSSR count). The van der Waals surface area contributed by atoms with Gasteiger partial charge in [0.05, 0.1) is 17.5 Å². The van der Waals surface area contributed by atoms with Gasteiger partial charge < -0.3 is 5.73 Å². The Hall–Kier alpha value is -1.82. The molecule has 0 aliphatic rings. The fourth-order valence-corrected chi connectivity index (χ4v) is 2.05. The molecule has 0 radical (unpaired) electrons. The van der Waals surface area contributed by atoms with E-state index in [1.807, 2.05) is 0 Å². The van der Waals surface area contributed by atoms with E-state index < -0.39 is 11.7 Å². The van der Waals surface area contributed by atoms with E-state index in [9.17, 15) is 13.2 Å². The van der Waals surface area contributed by atoms with Crippen LogP contribution in [0.3, 0.4) is 0 Å². The number of aromatic nitrogens is 2. The van der Waals surface area contributed by atoms with E-state index >= 15 is 0 Å². The van der Waals surface area contributed by atoms with Gasteiger partial charge in [-0.3, -0.25) is 4.68 Å². The van der Waals surface area contributed by atoms with Crippen LogP contribution in [0.2, 0.25) is 0 Å². The summed E-state index contributed by atoms with van der Waals surface area (Å²) in [4.78, 5) is 0. The summed E-state index contributed by atoms with van der Waals surface area (Å²) in [5, 5.41) is 4.01. The molecule has 1 heterocycles. The maximum Gasteiger partial charge on any atom is 0.417 e. The van der Waals surface area contributed by atoms with Crippen LogP contribution in [0, 0.1) is 0 Å². The number of benzene rings is 1. The van der Waals surface area contributed by atoms with E-state index in [0.29, 0.717) is 11.3 Å². The van der Waals surface area contributed by atoms with Gasteiger partial charge in [-0.05, 0) is 13.0 Å². The second-order valence-corrected chi connectivity index (χ2v) is 4.40. The SMILES string of the molecule is CC(N)c1cnn(C)c1-c1ccccc1C(F)(F)F. The Bertz CT molecular complexity index is 585. The fraction of sp³-hybridized carbons (Fsp3) is 0.308. The van der Waals surface area contributed by atoms with Gasteiger partial charge in [-0.2, -0.15) is 18.3 Å². The van der Waals surface area contributed by atoms with Crippen LogP contribution in [-0.2, 0) is 13.2 Å². The van der Waals surface area contributed by atoms with Gasteiger partial charge in [0.1, 0.15) is 0 Å². The number of aryl methyl sites for hydroxylation is 1. The second-order valence-electron chi connectivity index (χ2n) is 4.40. The molecule has 0 spiro atoms. The molecular weight excluding hydrogens is 255 g/mol. The molecule has 102 valence electrons. The first-order valence-corrected chi connectivity index (χ1v) is 5.76. The van der Waals surface area contributed by atoms with Crippen molar-refractivity contribution in [2.24, 2.45) is 12.8 Å². The third-order valence-corrected chi connectivity index (χ3v) is 2.95. The lowest BCUT2D eigenvalue weighted by molar-refractivity contribution is -0.137. The second kappa shape index (κ2) is 4.70. The molecule has 2 aromatic rings. The molecule has 19 heavy (non-hydrogen) atoms. The summed E-state index contributed by atoms with van der Waals surface area (Å²) in [5.41, 5.74) is 6.21. The van der Waals surface area contributed by atoms with Gasteiger partial charge in [-0.15, -0.1) is 0 Å². The molecule has 0 bridgehead atoms. The van der Waals surface area contributed by atoms with E-state index in [1.165, 1.54) is 23.0 Å². The van der Waals surface area contributed by atoms with E-state index in [4.69, 9.17) is 5.73 Å². The van der Waals surface area contributed by atoms with Crippen molar-refractivity contribution < 1.29 is 13.2 Å². The molecule has 0 aliphatic carbocycles.